The molecule has 66 heavy (non-hydrogen) atoms. The number of hydrogen-bond acceptors (Lipinski definition) is 5. The third-order valence-electron chi connectivity index (χ3n) is 9.79. The third-order valence-corrected chi connectivity index (χ3v) is 9.79. The molecule has 0 radical (unpaired) electrons. The fourth-order valence-electron chi connectivity index (χ4n) is 6.12. The molecule has 0 saturated carbocycles. The van der Waals surface area contributed by atoms with Crippen molar-refractivity contribution in [2.75, 3.05) is 19.8 Å². The van der Waals surface area contributed by atoms with Crippen molar-refractivity contribution in [1.82, 2.24) is 0 Å². The number of carbonyl (C=O) groups is 2. The average molecular weight is 905 g/mol. The number of carbonyl (C=O) groups excluding carboxylic acids is 2. The van der Waals surface area contributed by atoms with Crippen LogP contribution in [0.15, 0.2) is 170 Å². The van der Waals surface area contributed by atoms with E-state index in [0.29, 0.717) is 6.61 Å². The van der Waals surface area contributed by atoms with E-state index in [2.05, 4.69) is 167 Å². The second-order valence-corrected chi connectivity index (χ2v) is 16.0. The summed E-state index contributed by atoms with van der Waals surface area (Å²) in [5, 5.41) is 0. The Kier molecular flexibility index (Phi) is 50.7. The van der Waals surface area contributed by atoms with E-state index in [4.69, 9.17) is 14.2 Å². The van der Waals surface area contributed by atoms with Gasteiger partial charge in [-0.2, -0.15) is 0 Å². The molecule has 0 aromatic heterocycles. The van der Waals surface area contributed by atoms with Crippen LogP contribution in [-0.2, 0) is 23.8 Å². The van der Waals surface area contributed by atoms with Gasteiger partial charge in [-0.1, -0.05) is 223 Å². The number of allylic oxidation sites excluding steroid dienone is 26. The zero-order chi connectivity index (χ0) is 47.7. The van der Waals surface area contributed by atoms with Crippen molar-refractivity contribution in [1.29, 1.82) is 0 Å². The summed E-state index contributed by atoms with van der Waals surface area (Å²) in [7, 11) is 0. The fourth-order valence-corrected chi connectivity index (χ4v) is 6.12. The van der Waals surface area contributed by atoms with E-state index in [-0.39, 0.29) is 38.0 Å². The van der Waals surface area contributed by atoms with Crippen LogP contribution >= 0.6 is 0 Å². The van der Waals surface area contributed by atoms with Gasteiger partial charge in [-0.3, -0.25) is 9.59 Å². The Bertz CT molecular complexity index is 1540. The molecule has 0 aromatic rings. The topological polar surface area (TPSA) is 61.8 Å². The lowest BCUT2D eigenvalue weighted by Crippen LogP contribution is -2.29. The number of hydrogen-bond donors (Lipinski definition) is 0. The molecule has 0 aliphatic rings. The molecule has 0 N–H and O–H groups in total. The van der Waals surface area contributed by atoms with Crippen molar-refractivity contribution >= 4 is 11.9 Å². The zero-order valence-corrected chi connectivity index (χ0v) is 41.9. The summed E-state index contributed by atoms with van der Waals surface area (Å²) < 4.78 is 17.2. The van der Waals surface area contributed by atoms with Crippen LogP contribution in [0.2, 0.25) is 0 Å². The van der Waals surface area contributed by atoms with Crippen molar-refractivity contribution in [3.63, 3.8) is 0 Å². The normalized spacial score (nSPS) is 13.7. The van der Waals surface area contributed by atoms with Crippen LogP contribution in [0.3, 0.4) is 0 Å². The van der Waals surface area contributed by atoms with Gasteiger partial charge in [0.05, 0.1) is 19.4 Å². The van der Waals surface area contributed by atoms with E-state index in [0.717, 1.165) is 109 Å². The Labute approximate surface area is 405 Å². The van der Waals surface area contributed by atoms with Crippen LogP contribution in [0, 0.1) is 0 Å². The molecule has 0 bridgehead atoms. The first kappa shape index (κ1) is 61.3. The van der Waals surface area contributed by atoms with Gasteiger partial charge in [0.1, 0.15) is 6.61 Å². The van der Waals surface area contributed by atoms with E-state index in [1.54, 1.807) is 0 Å². The van der Waals surface area contributed by atoms with Crippen molar-refractivity contribution in [3.05, 3.63) is 170 Å². The highest BCUT2D eigenvalue weighted by atomic mass is 16.6. The molecule has 0 saturated heterocycles. The summed E-state index contributed by atoms with van der Waals surface area (Å²) in [5.74, 6) is -0.713. The van der Waals surface area contributed by atoms with Crippen LogP contribution in [-0.4, -0.2) is 37.9 Å². The van der Waals surface area contributed by atoms with E-state index in [1.807, 2.05) is 24.3 Å². The highest BCUT2D eigenvalue weighted by molar-refractivity contribution is 5.72. The second kappa shape index (κ2) is 54.6. The molecule has 0 rings (SSSR count). The predicted octanol–water partition coefficient (Wildman–Crippen LogP) is 17.7. The fraction of sp³-hybridized carbons (Fsp3) is 0.508. The summed E-state index contributed by atoms with van der Waals surface area (Å²) in [4.78, 5) is 25.3. The van der Waals surface area contributed by atoms with E-state index in [1.165, 1.54) is 32.1 Å². The monoisotopic (exact) mass is 905 g/mol. The first-order valence-corrected chi connectivity index (χ1v) is 25.7. The number of unbranched alkanes of at least 4 members (excludes halogenated alkanes) is 7. The summed E-state index contributed by atoms with van der Waals surface area (Å²) in [6, 6.07) is 0. The first-order valence-electron chi connectivity index (χ1n) is 25.7. The highest BCUT2D eigenvalue weighted by Crippen LogP contribution is 2.10. The van der Waals surface area contributed by atoms with Gasteiger partial charge in [0, 0.05) is 6.61 Å². The SMILES string of the molecule is CC/C=C\C/C=C\C/C=C\C/C=C\C/C=C\CC(=O)OCC(COCCCCCCCCC/C=C\C/C=C\C/C=C\C/C=C\CC)OC(=O)C/C=C\C/C=C\C/C=C\C/C=C\C/C=C\CC. The molecule has 0 amide bonds. The molecule has 5 heteroatoms. The Balaban J connectivity index is 4.55. The molecule has 0 heterocycles. The molecule has 366 valence electrons. The van der Waals surface area contributed by atoms with Crippen molar-refractivity contribution in [3.8, 4) is 0 Å². The summed E-state index contributed by atoms with van der Waals surface area (Å²) in [6.45, 7) is 7.21. The van der Waals surface area contributed by atoms with E-state index >= 15 is 0 Å². The van der Waals surface area contributed by atoms with Gasteiger partial charge in [0.2, 0.25) is 0 Å². The lowest BCUT2D eigenvalue weighted by Gasteiger charge is -2.18. The predicted molar refractivity (Wildman–Crippen MR) is 287 cm³/mol. The zero-order valence-electron chi connectivity index (χ0n) is 41.9. The molecule has 0 aromatic carbocycles. The maximum absolute atomic E-state index is 12.7. The Hall–Kier alpha value is -4.74. The summed E-state index contributed by atoms with van der Waals surface area (Å²) >= 11 is 0. The Morgan fingerprint density at radius 3 is 1.02 bits per heavy atom. The van der Waals surface area contributed by atoms with Gasteiger partial charge in [-0.15, -0.1) is 0 Å². The number of esters is 2. The Morgan fingerprint density at radius 1 is 0.333 bits per heavy atom. The minimum Gasteiger partial charge on any atom is -0.461 e. The summed E-state index contributed by atoms with van der Waals surface area (Å²) in [5.41, 5.74) is 0. The van der Waals surface area contributed by atoms with Gasteiger partial charge >= 0.3 is 11.9 Å². The maximum atomic E-state index is 12.7. The molecule has 5 nitrogen and oxygen atoms in total. The molecular formula is C61H92O5. The van der Waals surface area contributed by atoms with Crippen LogP contribution in [0.1, 0.15) is 175 Å². The van der Waals surface area contributed by atoms with Crippen LogP contribution in [0.25, 0.3) is 0 Å². The lowest BCUT2D eigenvalue weighted by molar-refractivity contribution is -0.161. The Morgan fingerprint density at radius 2 is 0.636 bits per heavy atom. The highest BCUT2D eigenvalue weighted by Gasteiger charge is 2.17. The van der Waals surface area contributed by atoms with Crippen molar-refractivity contribution in [2.45, 2.75) is 181 Å². The standard InChI is InChI=1S/C61H92O5/c1-4-7-10-13-16-19-22-25-28-29-30-31-32-35-38-41-44-47-50-53-56-64-57-59(66-61(63)55-52-49-46-43-40-37-34-27-24-21-18-15-12-9-6-3)58-65-60(62)54-51-48-45-42-39-36-33-26-23-20-17-14-11-8-5-2/h7-12,16-21,25-28,30-31,33-34,39-40,42-43,48-49,51-52,59H,4-6,13-15,22-24,29,32,35-38,41,44-47,50,53-58H2,1-3H3/b10-7-,11-8-,12-9-,19-16-,20-17-,21-18-,28-25-,31-30-,33-26-,34-27-,42-39-,43-40-,51-48-,52-49-. The van der Waals surface area contributed by atoms with E-state index < -0.39 is 6.10 Å². The largest absolute Gasteiger partial charge is 0.461 e. The van der Waals surface area contributed by atoms with Crippen LogP contribution in [0.4, 0.5) is 0 Å². The quantitative estimate of drug-likeness (QED) is 0.0346. The van der Waals surface area contributed by atoms with Gasteiger partial charge in [-0.05, 0) is 109 Å². The smallest absolute Gasteiger partial charge is 0.310 e. The molecule has 0 aliphatic carbocycles. The molecular weight excluding hydrogens is 813 g/mol. The first-order chi connectivity index (χ1) is 32.6. The molecule has 1 atom stereocenters. The average Bonchev–Trinajstić information content (AvgIpc) is 3.32. The molecule has 0 aliphatic heterocycles. The van der Waals surface area contributed by atoms with Crippen molar-refractivity contribution < 1.29 is 23.8 Å². The van der Waals surface area contributed by atoms with Crippen LogP contribution in [0.5, 0.6) is 0 Å². The molecule has 0 spiro atoms. The van der Waals surface area contributed by atoms with Gasteiger partial charge in [-0.25, -0.2) is 0 Å². The summed E-state index contributed by atoms with van der Waals surface area (Å²) in [6.07, 6.45) is 82.7. The minimum atomic E-state index is -0.650. The maximum Gasteiger partial charge on any atom is 0.310 e. The third kappa shape index (κ3) is 51.9. The van der Waals surface area contributed by atoms with E-state index in [9.17, 15) is 9.59 Å². The number of ether oxygens (including phenoxy) is 3. The minimum absolute atomic E-state index is 0.0259. The van der Waals surface area contributed by atoms with Gasteiger partial charge in [0.15, 0.2) is 6.10 Å². The second-order valence-electron chi connectivity index (χ2n) is 16.0. The van der Waals surface area contributed by atoms with Crippen LogP contribution < -0.4 is 0 Å². The van der Waals surface area contributed by atoms with Gasteiger partial charge in [0.25, 0.3) is 0 Å². The lowest BCUT2D eigenvalue weighted by atomic mass is 10.1. The molecule has 0 fully saturated rings. The van der Waals surface area contributed by atoms with Gasteiger partial charge < -0.3 is 14.2 Å². The molecule has 1 unspecified atom stereocenters. The van der Waals surface area contributed by atoms with Crippen molar-refractivity contribution in [2.24, 2.45) is 0 Å². The number of rotatable bonds is 44.